The molecule has 3 aliphatic rings. The Hall–Kier alpha value is 0.655. The fraction of sp³-hybridized carbons (Fsp3) is 1.00. The second-order valence-corrected chi connectivity index (χ2v) is 16.7. The fourth-order valence-corrected chi connectivity index (χ4v) is 10.5. The van der Waals surface area contributed by atoms with E-state index in [1.54, 1.807) is 0 Å². The highest BCUT2D eigenvalue weighted by Crippen LogP contribution is 2.47. The summed E-state index contributed by atoms with van der Waals surface area (Å²) < 4.78 is 0. The van der Waals surface area contributed by atoms with Crippen molar-refractivity contribution in [1.29, 1.82) is 0 Å². The van der Waals surface area contributed by atoms with Gasteiger partial charge in [0.2, 0.25) is 6.63 Å². The third-order valence-corrected chi connectivity index (χ3v) is 10.9. The highest BCUT2D eigenvalue weighted by atomic mass is 35.5. The van der Waals surface area contributed by atoms with Gasteiger partial charge in [0.25, 0.3) is 0 Å². The molecule has 200 valence electrons. The third-order valence-electron chi connectivity index (χ3n) is 10.00. The molecule has 0 saturated carbocycles. The lowest BCUT2D eigenvalue weighted by molar-refractivity contribution is 0.0387. The second kappa shape index (κ2) is 9.69. The van der Waals surface area contributed by atoms with Crippen molar-refractivity contribution in [1.82, 2.24) is 14.4 Å². The molecule has 0 bridgehead atoms. The van der Waals surface area contributed by atoms with Gasteiger partial charge in [-0.15, -0.1) is 0 Å². The molecule has 3 aliphatic heterocycles. The Morgan fingerprint density at radius 3 is 0.829 bits per heavy atom. The Bertz CT molecular complexity index is 677. The summed E-state index contributed by atoms with van der Waals surface area (Å²) in [6.07, 6.45) is 10.4. The summed E-state index contributed by atoms with van der Waals surface area (Å²) >= 11 is 15.7. The van der Waals surface area contributed by atoms with Gasteiger partial charge in [0.05, 0.1) is 0 Å². The van der Waals surface area contributed by atoms with Gasteiger partial charge in [-0.1, -0.05) is 0 Å². The van der Waals surface area contributed by atoms with Gasteiger partial charge >= 0.3 is 12.3 Å². The van der Waals surface area contributed by atoms with Crippen molar-refractivity contribution >= 4 is 41.9 Å². The van der Waals surface area contributed by atoms with Gasteiger partial charge in [-0.05, 0) is 141 Å². The van der Waals surface area contributed by atoms with Crippen LogP contribution in [0.5, 0.6) is 0 Å². The number of halogens is 2. The molecule has 8 heteroatoms. The lowest BCUT2D eigenvalue weighted by Crippen LogP contribution is -2.81. The summed E-state index contributed by atoms with van der Waals surface area (Å²) in [5.41, 5.74) is 0.168. The quantitative estimate of drug-likeness (QED) is 0.341. The monoisotopic (exact) mass is 523 g/mol. The lowest BCUT2D eigenvalue weighted by atomic mass is 9.11. The number of hydrogen-bond acceptors (Lipinski definition) is 3. The standard InChI is InChI=1S/C27H54B3Cl2N3/c1-22(2)16-13-17-23(3,4)33(22)28(29(31)34-24(5,6)18-14-19-25(34,7)8)30(32)35-26(9,10)20-15-21-27(35,11)12/h13-21H2,1-12H3. The van der Waals surface area contributed by atoms with Crippen molar-refractivity contribution in [3.05, 3.63) is 0 Å². The molecule has 3 saturated heterocycles. The van der Waals surface area contributed by atoms with E-state index in [-0.39, 0.29) is 52.2 Å². The van der Waals surface area contributed by atoms with E-state index in [0.717, 1.165) is 0 Å². The Morgan fingerprint density at radius 1 is 0.400 bits per heavy atom. The van der Waals surface area contributed by atoms with Crippen LogP contribution in [0.3, 0.4) is 0 Å². The van der Waals surface area contributed by atoms with Crippen LogP contribution >= 0.6 is 22.9 Å². The predicted molar refractivity (Wildman–Crippen MR) is 161 cm³/mol. The van der Waals surface area contributed by atoms with Gasteiger partial charge in [-0.25, -0.2) is 0 Å². The van der Waals surface area contributed by atoms with Crippen LogP contribution < -0.4 is 0 Å². The van der Waals surface area contributed by atoms with Crippen LogP contribution in [0.1, 0.15) is 141 Å². The van der Waals surface area contributed by atoms with Crippen molar-refractivity contribution in [2.45, 2.75) is 174 Å². The zero-order valence-corrected chi connectivity index (χ0v) is 26.7. The number of rotatable bonds is 5. The second-order valence-electron chi connectivity index (χ2n) is 15.8. The molecule has 0 spiro atoms. The van der Waals surface area contributed by atoms with E-state index in [2.05, 4.69) is 97.5 Å². The van der Waals surface area contributed by atoms with E-state index >= 15 is 0 Å². The van der Waals surface area contributed by atoms with E-state index in [1.165, 1.54) is 57.8 Å². The Morgan fingerprint density at radius 2 is 0.600 bits per heavy atom. The molecule has 3 heterocycles. The summed E-state index contributed by atoms with van der Waals surface area (Å²) in [7, 11) is 0. The highest BCUT2D eigenvalue weighted by molar-refractivity contribution is 7.66. The Labute approximate surface area is 229 Å². The molecule has 0 aromatic carbocycles. The first-order valence-electron chi connectivity index (χ1n) is 14.3. The normalized spacial score (nSPS) is 30.0. The molecule has 35 heavy (non-hydrogen) atoms. The summed E-state index contributed by atoms with van der Waals surface area (Å²) in [6.45, 7) is 28.8. The zero-order chi connectivity index (χ0) is 26.8. The topological polar surface area (TPSA) is 9.72 Å². The van der Waals surface area contributed by atoms with E-state index < -0.39 is 0 Å². The molecule has 3 fully saturated rings. The van der Waals surface area contributed by atoms with Gasteiger partial charge in [-0.3, -0.25) is 0 Å². The van der Waals surface area contributed by atoms with Crippen LogP contribution in [-0.4, -0.2) is 66.6 Å². The zero-order valence-electron chi connectivity index (χ0n) is 25.2. The van der Waals surface area contributed by atoms with Crippen LogP contribution in [-0.2, 0) is 0 Å². The predicted octanol–water partition coefficient (Wildman–Crippen LogP) is 7.72. The summed E-state index contributed by atoms with van der Waals surface area (Å²) in [5, 5.41) is 0. The Kier molecular flexibility index (Phi) is 8.36. The third kappa shape index (κ3) is 5.68. The van der Waals surface area contributed by atoms with Crippen molar-refractivity contribution in [2.75, 3.05) is 0 Å². The molecule has 3 nitrogen and oxygen atoms in total. The van der Waals surface area contributed by atoms with E-state index in [9.17, 15) is 0 Å². The van der Waals surface area contributed by atoms with Gasteiger partial charge in [0, 0.05) is 33.2 Å². The first kappa shape index (κ1) is 30.2. The SMILES string of the molecule is CC1(C)CCCC(C)(C)N1B(Cl)B(B(Cl)N1C(C)(C)CCCC1(C)C)N1C(C)(C)CCCC1(C)C. The molecule has 0 aromatic heterocycles. The number of piperidine rings is 3. The maximum Gasteiger partial charge on any atom is 0.309 e. The minimum atomic E-state index is -0.187. The van der Waals surface area contributed by atoms with Gasteiger partial charge in [-0.2, -0.15) is 22.9 Å². The van der Waals surface area contributed by atoms with Gasteiger partial charge < -0.3 is 14.4 Å². The summed E-state index contributed by atoms with van der Waals surface area (Å²) in [5.74, 6) is 0. The maximum absolute atomic E-state index is 7.86. The summed E-state index contributed by atoms with van der Waals surface area (Å²) in [6, 6.07) is 0. The highest BCUT2D eigenvalue weighted by Gasteiger charge is 2.62. The van der Waals surface area contributed by atoms with Crippen LogP contribution in [0, 0.1) is 0 Å². The van der Waals surface area contributed by atoms with Gasteiger partial charge in [0.1, 0.15) is 0 Å². The fourth-order valence-electron chi connectivity index (χ4n) is 8.87. The van der Waals surface area contributed by atoms with E-state index in [1.807, 2.05) is 0 Å². The van der Waals surface area contributed by atoms with Crippen LogP contribution in [0.25, 0.3) is 0 Å². The van der Waals surface area contributed by atoms with Crippen LogP contribution in [0.15, 0.2) is 0 Å². The van der Waals surface area contributed by atoms with E-state index in [4.69, 9.17) is 22.9 Å². The molecule has 3 rings (SSSR count). The van der Waals surface area contributed by atoms with Crippen molar-refractivity contribution in [2.24, 2.45) is 0 Å². The van der Waals surface area contributed by atoms with Gasteiger partial charge in [0.15, 0.2) is 0 Å². The van der Waals surface area contributed by atoms with Crippen molar-refractivity contribution in [3.63, 3.8) is 0 Å². The number of nitrogens with zero attached hydrogens (tertiary/aromatic N) is 3. The number of hydrogen-bond donors (Lipinski definition) is 0. The van der Waals surface area contributed by atoms with Crippen LogP contribution in [0.2, 0.25) is 0 Å². The first-order valence-corrected chi connectivity index (χ1v) is 15.2. The largest absolute Gasteiger partial charge is 0.339 e. The molecule has 0 radical (unpaired) electrons. The molecule has 0 amide bonds. The molecular weight excluding hydrogens is 470 g/mol. The lowest BCUT2D eigenvalue weighted by Gasteiger charge is -2.63. The molecule has 0 aromatic rings. The molecule has 0 N–H and O–H groups in total. The molecule has 0 atom stereocenters. The van der Waals surface area contributed by atoms with Crippen LogP contribution in [0.4, 0.5) is 0 Å². The molecule has 0 aliphatic carbocycles. The van der Waals surface area contributed by atoms with Crippen molar-refractivity contribution in [3.8, 4) is 0 Å². The first-order chi connectivity index (χ1) is 15.7. The molecule has 0 unspecified atom stereocenters. The smallest absolute Gasteiger partial charge is 0.309 e. The molecular formula is C27H54B3Cl2N3. The minimum Gasteiger partial charge on any atom is -0.339 e. The average Bonchev–Trinajstić information content (AvgIpc) is 2.60. The maximum atomic E-state index is 7.86. The minimum absolute atomic E-state index is 0.00284. The Balaban J connectivity index is 2.19. The summed E-state index contributed by atoms with van der Waals surface area (Å²) in [4.78, 5) is 8.06. The average molecular weight is 524 g/mol. The van der Waals surface area contributed by atoms with E-state index in [0.29, 0.717) is 0 Å². The van der Waals surface area contributed by atoms with Crippen molar-refractivity contribution < 1.29 is 0 Å².